The minimum Gasteiger partial charge on any atom is -0.450 e. The summed E-state index contributed by atoms with van der Waals surface area (Å²) in [6, 6.07) is 1.09. The molecule has 1 heterocycles. The summed E-state index contributed by atoms with van der Waals surface area (Å²) in [5, 5.41) is 8.79. The largest absolute Gasteiger partial charge is 0.450 e. The SMILES string of the molecule is CC(C)NS(=O)(=O)c1cc(CO)oc1Br. The third-order valence-corrected chi connectivity index (χ3v) is 4.06. The lowest BCUT2D eigenvalue weighted by Gasteiger charge is -2.07. The highest BCUT2D eigenvalue weighted by atomic mass is 79.9. The average Bonchev–Trinajstić information content (AvgIpc) is 2.45. The predicted molar refractivity (Wildman–Crippen MR) is 57.8 cm³/mol. The molecular formula is C8H12BrNO4S. The maximum absolute atomic E-state index is 11.7. The quantitative estimate of drug-likeness (QED) is 0.876. The lowest BCUT2D eigenvalue weighted by atomic mass is 10.4. The Morgan fingerprint density at radius 3 is 2.60 bits per heavy atom. The normalized spacial score (nSPS) is 12.3. The van der Waals surface area contributed by atoms with Crippen LogP contribution in [0, 0.1) is 0 Å². The van der Waals surface area contributed by atoms with E-state index >= 15 is 0 Å². The second kappa shape index (κ2) is 4.65. The minimum atomic E-state index is -3.58. The summed E-state index contributed by atoms with van der Waals surface area (Å²) < 4.78 is 30.9. The van der Waals surface area contributed by atoms with Crippen LogP contribution in [-0.2, 0) is 16.6 Å². The molecule has 2 N–H and O–H groups in total. The molecule has 0 aliphatic rings. The number of rotatable bonds is 4. The molecule has 15 heavy (non-hydrogen) atoms. The van der Waals surface area contributed by atoms with E-state index in [0.29, 0.717) is 0 Å². The molecule has 0 amide bonds. The average molecular weight is 298 g/mol. The molecule has 0 atom stereocenters. The van der Waals surface area contributed by atoms with Crippen LogP contribution in [0.5, 0.6) is 0 Å². The van der Waals surface area contributed by atoms with Crippen molar-refractivity contribution in [3.63, 3.8) is 0 Å². The van der Waals surface area contributed by atoms with Crippen molar-refractivity contribution in [1.29, 1.82) is 0 Å². The molecule has 0 radical (unpaired) electrons. The summed E-state index contributed by atoms with van der Waals surface area (Å²) in [5.74, 6) is 0.200. The minimum absolute atomic E-state index is 0.000231. The van der Waals surface area contributed by atoms with Gasteiger partial charge in [-0.25, -0.2) is 13.1 Å². The second-order valence-electron chi connectivity index (χ2n) is 3.28. The van der Waals surface area contributed by atoms with E-state index in [9.17, 15) is 8.42 Å². The van der Waals surface area contributed by atoms with Crippen LogP contribution in [0.25, 0.3) is 0 Å². The number of halogens is 1. The molecule has 0 spiro atoms. The van der Waals surface area contributed by atoms with Gasteiger partial charge in [-0.05, 0) is 29.8 Å². The van der Waals surface area contributed by atoms with E-state index in [0.717, 1.165) is 0 Å². The first-order valence-electron chi connectivity index (χ1n) is 4.28. The zero-order valence-corrected chi connectivity index (χ0v) is 10.7. The highest BCUT2D eigenvalue weighted by Gasteiger charge is 2.22. The molecule has 1 rings (SSSR count). The molecule has 1 aromatic rings. The Morgan fingerprint density at radius 1 is 1.60 bits per heavy atom. The van der Waals surface area contributed by atoms with Gasteiger partial charge in [0.1, 0.15) is 17.3 Å². The topological polar surface area (TPSA) is 79.5 Å². The van der Waals surface area contributed by atoms with Crippen molar-refractivity contribution in [2.45, 2.75) is 31.4 Å². The Balaban J connectivity index is 3.09. The number of aliphatic hydroxyl groups is 1. The van der Waals surface area contributed by atoms with Crippen molar-refractivity contribution in [2.75, 3.05) is 0 Å². The maximum Gasteiger partial charge on any atom is 0.245 e. The molecule has 5 nitrogen and oxygen atoms in total. The lowest BCUT2D eigenvalue weighted by molar-refractivity contribution is 0.245. The van der Waals surface area contributed by atoms with Crippen LogP contribution in [0.4, 0.5) is 0 Å². The zero-order valence-electron chi connectivity index (χ0n) is 8.32. The molecule has 0 aliphatic carbocycles. The van der Waals surface area contributed by atoms with Gasteiger partial charge >= 0.3 is 0 Å². The van der Waals surface area contributed by atoms with Gasteiger partial charge < -0.3 is 9.52 Å². The van der Waals surface area contributed by atoms with E-state index in [4.69, 9.17) is 9.52 Å². The summed E-state index contributed by atoms with van der Waals surface area (Å²) in [7, 11) is -3.58. The molecule has 0 bridgehead atoms. The van der Waals surface area contributed by atoms with Crippen molar-refractivity contribution in [3.05, 3.63) is 16.5 Å². The molecule has 0 aliphatic heterocycles. The number of aliphatic hydroxyl groups excluding tert-OH is 1. The fourth-order valence-corrected chi connectivity index (χ4v) is 3.28. The van der Waals surface area contributed by atoms with E-state index in [1.165, 1.54) is 6.07 Å². The van der Waals surface area contributed by atoms with Crippen molar-refractivity contribution in [3.8, 4) is 0 Å². The number of nitrogens with one attached hydrogen (secondary N) is 1. The first-order valence-corrected chi connectivity index (χ1v) is 6.56. The Bertz CT molecular complexity index is 437. The van der Waals surface area contributed by atoms with Crippen LogP contribution in [0.3, 0.4) is 0 Å². The molecule has 0 saturated heterocycles. The first-order chi connectivity index (χ1) is 6.86. The van der Waals surface area contributed by atoms with Crippen LogP contribution in [-0.4, -0.2) is 19.6 Å². The van der Waals surface area contributed by atoms with Crippen molar-refractivity contribution >= 4 is 26.0 Å². The Kier molecular flexibility index (Phi) is 3.93. The van der Waals surface area contributed by atoms with Gasteiger partial charge in [-0.15, -0.1) is 0 Å². The monoisotopic (exact) mass is 297 g/mol. The van der Waals surface area contributed by atoms with Gasteiger partial charge in [0, 0.05) is 12.1 Å². The van der Waals surface area contributed by atoms with Gasteiger partial charge in [0.25, 0.3) is 0 Å². The van der Waals surface area contributed by atoms with E-state index in [1.54, 1.807) is 13.8 Å². The summed E-state index contributed by atoms with van der Waals surface area (Å²) >= 11 is 2.99. The second-order valence-corrected chi connectivity index (χ2v) is 5.69. The molecule has 0 aromatic carbocycles. The fraction of sp³-hybridized carbons (Fsp3) is 0.500. The van der Waals surface area contributed by atoms with Gasteiger partial charge in [0.15, 0.2) is 4.67 Å². The van der Waals surface area contributed by atoms with Gasteiger partial charge in [-0.1, -0.05) is 0 Å². The molecular weight excluding hydrogens is 286 g/mol. The van der Waals surface area contributed by atoms with Crippen LogP contribution in [0.1, 0.15) is 19.6 Å². The molecule has 1 aromatic heterocycles. The van der Waals surface area contributed by atoms with Crippen LogP contribution >= 0.6 is 15.9 Å². The van der Waals surface area contributed by atoms with E-state index in [1.807, 2.05) is 0 Å². The van der Waals surface area contributed by atoms with E-state index in [2.05, 4.69) is 20.7 Å². The fourth-order valence-electron chi connectivity index (χ4n) is 1.03. The third-order valence-electron chi connectivity index (χ3n) is 1.54. The Labute approximate surface area is 96.7 Å². The van der Waals surface area contributed by atoms with E-state index < -0.39 is 10.0 Å². The predicted octanol–water partition coefficient (Wildman–Crippen LogP) is 1.22. The summed E-state index contributed by atoms with van der Waals surface area (Å²) in [6.07, 6.45) is 0. The summed E-state index contributed by atoms with van der Waals surface area (Å²) in [4.78, 5) is 0.000231. The van der Waals surface area contributed by atoms with Crippen molar-refractivity contribution < 1.29 is 17.9 Å². The standard InChI is InChI=1S/C8H12BrNO4S/c1-5(2)10-15(12,13)7-3-6(4-11)14-8(7)9/h3,5,10-11H,4H2,1-2H3. The first kappa shape index (κ1) is 12.7. The van der Waals surface area contributed by atoms with Crippen molar-refractivity contribution in [2.24, 2.45) is 0 Å². The van der Waals surface area contributed by atoms with Gasteiger partial charge in [0.2, 0.25) is 10.0 Å². The molecule has 0 unspecified atom stereocenters. The number of hydrogen-bond donors (Lipinski definition) is 2. The van der Waals surface area contributed by atoms with Gasteiger partial charge in [-0.3, -0.25) is 0 Å². The Morgan fingerprint density at radius 2 is 2.20 bits per heavy atom. The summed E-state index contributed by atoms with van der Waals surface area (Å²) in [6.45, 7) is 3.10. The van der Waals surface area contributed by atoms with Crippen molar-refractivity contribution in [1.82, 2.24) is 4.72 Å². The summed E-state index contributed by atoms with van der Waals surface area (Å²) in [5.41, 5.74) is 0. The number of furan rings is 1. The Hall–Kier alpha value is -0.370. The highest BCUT2D eigenvalue weighted by Crippen LogP contribution is 2.26. The highest BCUT2D eigenvalue weighted by molar-refractivity contribution is 9.10. The third kappa shape index (κ3) is 3.04. The molecule has 86 valence electrons. The zero-order chi connectivity index (χ0) is 11.6. The number of sulfonamides is 1. The van der Waals surface area contributed by atoms with Gasteiger partial charge in [-0.2, -0.15) is 0 Å². The van der Waals surface area contributed by atoms with Gasteiger partial charge in [0.05, 0.1) is 0 Å². The van der Waals surface area contributed by atoms with Crippen LogP contribution < -0.4 is 4.72 Å². The smallest absolute Gasteiger partial charge is 0.245 e. The van der Waals surface area contributed by atoms with E-state index in [-0.39, 0.29) is 28.0 Å². The molecule has 0 fully saturated rings. The molecule has 0 saturated carbocycles. The number of hydrogen-bond acceptors (Lipinski definition) is 4. The maximum atomic E-state index is 11.7. The van der Waals surface area contributed by atoms with Crippen LogP contribution in [0.15, 0.2) is 20.0 Å². The lowest BCUT2D eigenvalue weighted by Crippen LogP contribution is -2.30. The van der Waals surface area contributed by atoms with Crippen LogP contribution in [0.2, 0.25) is 0 Å². The molecule has 7 heteroatoms.